The summed E-state index contributed by atoms with van der Waals surface area (Å²) in [7, 11) is 0. The molecule has 0 aliphatic rings. The SMILES string of the molecule is Nc1cnn(-c2cccc3ncccc23)c1C(F)(F)F. The molecule has 2 heterocycles. The van der Waals surface area contributed by atoms with E-state index in [2.05, 4.69) is 10.1 Å². The van der Waals surface area contributed by atoms with E-state index in [1.54, 1.807) is 36.5 Å². The summed E-state index contributed by atoms with van der Waals surface area (Å²) >= 11 is 0. The van der Waals surface area contributed by atoms with Gasteiger partial charge in [0, 0.05) is 11.6 Å². The Balaban J connectivity index is 2.33. The minimum atomic E-state index is -4.58. The summed E-state index contributed by atoms with van der Waals surface area (Å²) in [6.45, 7) is 0. The van der Waals surface area contributed by atoms with Crippen LogP contribution in [-0.4, -0.2) is 14.8 Å². The van der Waals surface area contributed by atoms with Crippen molar-refractivity contribution in [2.45, 2.75) is 6.18 Å². The van der Waals surface area contributed by atoms with Crippen molar-refractivity contribution in [3.05, 3.63) is 48.4 Å². The number of nitrogens with two attached hydrogens (primary N) is 1. The lowest BCUT2D eigenvalue weighted by atomic mass is 10.2. The van der Waals surface area contributed by atoms with Crippen LogP contribution in [0, 0.1) is 0 Å². The van der Waals surface area contributed by atoms with Gasteiger partial charge in [0.1, 0.15) is 0 Å². The Hall–Kier alpha value is -2.57. The normalized spacial score (nSPS) is 11.9. The first-order valence-electron chi connectivity index (χ1n) is 5.73. The molecule has 20 heavy (non-hydrogen) atoms. The van der Waals surface area contributed by atoms with Gasteiger partial charge in [0.05, 0.1) is 23.1 Å². The molecule has 4 nitrogen and oxygen atoms in total. The molecule has 0 aliphatic heterocycles. The predicted octanol–water partition coefficient (Wildman–Crippen LogP) is 3.02. The van der Waals surface area contributed by atoms with E-state index in [0.29, 0.717) is 16.6 Å². The topological polar surface area (TPSA) is 56.7 Å². The van der Waals surface area contributed by atoms with Crippen molar-refractivity contribution in [1.29, 1.82) is 0 Å². The highest BCUT2D eigenvalue weighted by Gasteiger charge is 2.38. The van der Waals surface area contributed by atoms with Crippen molar-refractivity contribution in [2.24, 2.45) is 0 Å². The molecule has 3 aromatic rings. The Bertz CT molecular complexity index is 771. The number of benzene rings is 1. The number of hydrogen-bond donors (Lipinski definition) is 1. The van der Waals surface area contributed by atoms with Gasteiger partial charge < -0.3 is 5.73 Å². The van der Waals surface area contributed by atoms with Crippen LogP contribution in [-0.2, 0) is 6.18 Å². The number of rotatable bonds is 1. The molecule has 1 aromatic carbocycles. The molecule has 0 unspecified atom stereocenters. The maximum absolute atomic E-state index is 13.1. The molecule has 0 fully saturated rings. The van der Waals surface area contributed by atoms with Gasteiger partial charge in [0.2, 0.25) is 0 Å². The molecule has 0 saturated heterocycles. The van der Waals surface area contributed by atoms with Crippen LogP contribution < -0.4 is 5.73 Å². The molecule has 0 radical (unpaired) electrons. The number of nitrogen functional groups attached to an aromatic ring is 1. The number of hydrogen-bond acceptors (Lipinski definition) is 3. The molecule has 0 saturated carbocycles. The molecular weight excluding hydrogens is 269 g/mol. The first-order valence-corrected chi connectivity index (χ1v) is 5.73. The van der Waals surface area contributed by atoms with Crippen LogP contribution in [0.15, 0.2) is 42.7 Å². The Labute approximate surface area is 111 Å². The van der Waals surface area contributed by atoms with Crippen molar-refractivity contribution < 1.29 is 13.2 Å². The van der Waals surface area contributed by atoms with Crippen molar-refractivity contribution in [3.63, 3.8) is 0 Å². The van der Waals surface area contributed by atoms with Crippen LogP contribution in [0.3, 0.4) is 0 Å². The first kappa shape index (κ1) is 12.5. The molecular formula is C13H9F3N4. The zero-order valence-electron chi connectivity index (χ0n) is 10.1. The van der Waals surface area contributed by atoms with Gasteiger partial charge in [-0.05, 0) is 24.3 Å². The van der Waals surface area contributed by atoms with E-state index in [1.807, 2.05) is 0 Å². The third-order valence-electron chi connectivity index (χ3n) is 2.92. The zero-order chi connectivity index (χ0) is 14.3. The Morgan fingerprint density at radius 1 is 1.10 bits per heavy atom. The number of alkyl halides is 3. The molecule has 2 N–H and O–H groups in total. The van der Waals surface area contributed by atoms with Gasteiger partial charge in [-0.2, -0.15) is 18.3 Å². The lowest BCUT2D eigenvalue weighted by Gasteiger charge is -2.12. The van der Waals surface area contributed by atoms with Gasteiger partial charge >= 0.3 is 6.18 Å². The Morgan fingerprint density at radius 2 is 1.90 bits per heavy atom. The second-order valence-electron chi connectivity index (χ2n) is 4.21. The maximum Gasteiger partial charge on any atom is 0.435 e. The van der Waals surface area contributed by atoms with Gasteiger partial charge in [-0.3, -0.25) is 4.98 Å². The minimum absolute atomic E-state index is 0.291. The molecule has 0 aliphatic carbocycles. The van der Waals surface area contributed by atoms with Crippen molar-refractivity contribution in [2.75, 3.05) is 5.73 Å². The highest BCUT2D eigenvalue weighted by Crippen LogP contribution is 2.35. The monoisotopic (exact) mass is 278 g/mol. The number of aromatic nitrogens is 3. The Kier molecular flexibility index (Phi) is 2.63. The quantitative estimate of drug-likeness (QED) is 0.744. The maximum atomic E-state index is 13.1. The predicted molar refractivity (Wildman–Crippen MR) is 68.3 cm³/mol. The van der Waals surface area contributed by atoms with Gasteiger partial charge in [-0.1, -0.05) is 6.07 Å². The van der Waals surface area contributed by atoms with E-state index >= 15 is 0 Å². The van der Waals surface area contributed by atoms with E-state index in [4.69, 9.17) is 5.73 Å². The van der Waals surface area contributed by atoms with Crippen LogP contribution >= 0.6 is 0 Å². The average molecular weight is 278 g/mol. The third-order valence-corrected chi connectivity index (χ3v) is 2.92. The van der Waals surface area contributed by atoms with E-state index in [1.165, 1.54) is 0 Å². The molecule has 0 spiro atoms. The van der Waals surface area contributed by atoms with Crippen LogP contribution in [0.2, 0.25) is 0 Å². The largest absolute Gasteiger partial charge is 0.435 e. The molecule has 102 valence electrons. The smallest absolute Gasteiger partial charge is 0.396 e. The van der Waals surface area contributed by atoms with Crippen molar-refractivity contribution >= 4 is 16.6 Å². The highest BCUT2D eigenvalue weighted by atomic mass is 19.4. The summed E-state index contributed by atoms with van der Waals surface area (Å²) in [5.74, 6) is 0. The number of fused-ring (bicyclic) bond motifs is 1. The van der Waals surface area contributed by atoms with E-state index in [0.717, 1.165) is 10.9 Å². The van der Waals surface area contributed by atoms with Gasteiger partial charge in [-0.25, -0.2) is 4.68 Å². The van der Waals surface area contributed by atoms with Gasteiger partial charge in [-0.15, -0.1) is 0 Å². The summed E-state index contributed by atoms with van der Waals surface area (Å²) in [5, 5.41) is 4.32. The van der Waals surface area contributed by atoms with Crippen LogP contribution in [0.25, 0.3) is 16.6 Å². The fourth-order valence-electron chi connectivity index (χ4n) is 2.10. The summed E-state index contributed by atoms with van der Waals surface area (Å²) in [6, 6.07) is 8.25. The number of anilines is 1. The summed E-state index contributed by atoms with van der Waals surface area (Å²) in [6.07, 6.45) is -2.00. The van der Waals surface area contributed by atoms with Crippen LogP contribution in [0.5, 0.6) is 0 Å². The molecule has 0 atom stereocenters. The molecule has 0 bridgehead atoms. The first-order chi connectivity index (χ1) is 9.48. The van der Waals surface area contributed by atoms with Crippen molar-refractivity contribution in [1.82, 2.24) is 14.8 Å². The van der Waals surface area contributed by atoms with E-state index < -0.39 is 17.6 Å². The number of halogens is 3. The van der Waals surface area contributed by atoms with Crippen LogP contribution in [0.4, 0.5) is 18.9 Å². The third kappa shape index (κ3) is 1.87. The summed E-state index contributed by atoms with van der Waals surface area (Å²) in [4.78, 5) is 4.11. The lowest BCUT2D eigenvalue weighted by Crippen LogP contribution is -2.15. The number of nitrogens with zero attached hydrogens (tertiary/aromatic N) is 3. The molecule has 0 amide bonds. The standard InChI is InChI=1S/C13H9F3N4/c14-13(15,16)12-9(17)7-19-20(12)11-5-1-4-10-8(11)3-2-6-18-10/h1-7H,17H2. The second kappa shape index (κ2) is 4.22. The van der Waals surface area contributed by atoms with Crippen molar-refractivity contribution in [3.8, 4) is 5.69 Å². The average Bonchev–Trinajstić information content (AvgIpc) is 2.80. The lowest BCUT2D eigenvalue weighted by molar-refractivity contribution is -0.142. The summed E-state index contributed by atoms with van der Waals surface area (Å²) in [5.41, 5.74) is 4.89. The van der Waals surface area contributed by atoms with Gasteiger partial charge in [0.25, 0.3) is 0 Å². The fraction of sp³-hybridized carbons (Fsp3) is 0.0769. The van der Waals surface area contributed by atoms with Crippen LogP contribution in [0.1, 0.15) is 5.69 Å². The van der Waals surface area contributed by atoms with Gasteiger partial charge in [0.15, 0.2) is 5.69 Å². The minimum Gasteiger partial charge on any atom is -0.396 e. The fourth-order valence-corrected chi connectivity index (χ4v) is 2.10. The molecule has 3 rings (SSSR count). The Morgan fingerprint density at radius 3 is 2.65 bits per heavy atom. The molecule has 7 heteroatoms. The second-order valence-corrected chi connectivity index (χ2v) is 4.21. The van der Waals surface area contributed by atoms with E-state index in [-0.39, 0.29) is 0 Å². The highest BCUT2D eigenvalue weighted by molar-refractivity contribution is 5.87. The van der Waals surface area contributed by atoms with E-state index in [9.17, 15) is 13.2 Å². The number of pyridine rings is 1. The molecule has 2 aromatic heterocycles. The summed E-state index contributed by atoms with van der Waals surface area (Å²) < 4.78 is 40.0. The zero-order valence-corrected chi connectivity index (χ0v) is 10.1.